The molecule has 1 heterocycles. The number of nitrogens with zero attached hydrogens (tertiary/aromatic N) is 1. The number of carbonyl (C=O) groups excluding carboxylic acids is 1. The van der Waals surface area contributed by atoms with Crippen molar-refractivity contribution >= 4 is 11.6 Å². The lowest BCUT2D eigenvalue weighted by molar-refractivity contribution is -0.123. The highest BCUT2D eigenvalue weighted by Gasteiger charge is 2.31. The lowest BCUT2D eigenvalue weighted by atomic mass is 10.0. The Morgan fingerprint density at radius 2 is 1.72 bits per heavy atom. The highest BCUT2D eigenvalue weighted by Crippen LogP contribution is 2.29. The molecule has 96 valence electrons. The number of para-hydroxylation sites is 1. The minimum Gasteiger partial charge on any atom is -0.371 e. The van der Waals surface area contributed by atoms with Gasteiger partial charge in [0.2, 0.25) is 5.91 Å². The number of carbonyl (C=O) groups is 1. The fourth-order valence-corrected chi connectivity index (χ4v) is 2.59. The van der Waals surface area contributed by atoms with Crippen molar-refractivity contribution < 1.29 is 4.79 Å². The zero-order chi connectivity index (χ0) is 12.4. The number of benzene rings is 1. The van der Waals surface area contributed by atoms with E-state index < -0.39 is 0 Å². The molecule has 1 aliphatic carbocycles. The first-order valence-electron chi connectivity index (χ1n) is 6.93. The number of rotatable bonds is 3. The van der Waals surface area contributed by atoms with E-state index in [2.05, 4.69) is 34.5 Å². The molecule has 3 nitrogen and oxygen atoms in total. The highest BCUT2D eigenvalue weighted by atomic mass is 16.2. The van der Waals surface area contributed by atoms with Gasteiger partial charge in [-0.2, -0.15) is 0 Å². The standard InChI is InChI=1S/C15H20N2O/c18-15(12-6-7-12)16-13-8-10-17(11-9-13)14-4-2-1-3-5-14/h1-5,12-13H,6-11H2,(H,16,18). The van der Waals surface area contributed by atoms with Gasteiger partial charge in [-0.05, 0) is 37.8 Å². The molecule has 0 radical (unpaired) electrons. The number of nitrogens with one attached hydrogen (secondary N) is 1. The summed E-state index contributed by atoms with van der Waals surface area (Å²) in [6.45, 7) is 2.08. The van der Waals surface area contributed by atoms with Gasteiger partial charge in [-0.1, -0.05) is 18.2 Å². The monoisotopic (exact) mass is 244 g/mol. The first kappa shape index (κ1) is 11.6. The van der Waals surface area contributed by atoms with Gasteiger partial charge in [-0.3, -0.25) is 4.79 Å². The molecule has 2 fully saturated rings. The van der Waals surface area contributed by atoms with E-state index in [-0.39, 0.29) is 5.91 Å². The number of amides is 1. The van der Waals surface area contributed by atoms with E-state index >= 15 is 0 Å². The molecule has 1 aromatic carbocycles. The summed E-state index contributed by atoms with van der Waals surface area (Å²) >= 11 is 0. The van der Waals surface area contributed by atoms with Crippen LogP contribution in [0.3, 0.4) is 0 Å². The Bertz CT molecular complexity index is 406. The summed E-state index contributed by atoms with van der Waals surface area (Å²) < 4.78 is 0. The van der Waals surface area contributed by atoms with Crippen molar-refractivity contribution in [1.82, 2.24) is 5.32 Å². The molecule has 3 heteroatoms. The third kappa shape index (κ3) is 2.66. The Kier molecular flexibility index (Phi) is 3.22. The Labute approximate surface area is 108 Å². The van der Waals surface area contributed by atoms with Crippen LogP contribution in [0.1, 0.15) is 25.7 Å². The van der Waals surface area contributed by atoms with Crippen molar-refractivity contribution in [2.75, 3.05) is 18.0 Å². The maximum atomic E-state index is 11.7. The van der Waals surface area contributed by atoms with E-state index in [0.29, 0.717) is 12.0 Å². The van der Waals surface area contributed by atoms with E-state index in [1.54, 1.807) is 0 Å². The van der Waals surface area contributed by atoms with Gasteiger partial charge in [-0.25, -0.2) is 0 Å². The molecule has 3 rings (SSSR count). The first-order valence-corrected chi connectivity index (χ1v) is 6.93. The van der Waals surface area contributed by atoms with E-state index in [0.717, 1.165) is 38.8 Å². The number of piperidine rings is 1. The molecule has 0 spiro atoms. The molecule has 1 saturated heterocycles. The summed E-state index contributed by atoms with van der Waals surface area (Å²) in [4.78, 5) is 14.1. The van der Waals surface area contributed by atoms with Gasteiger partial charge >= 0.3 is 0 Å². The van der Waals surface area contributed by atoms with Gasteiger partial charge in [0.1, 0.15) is 0 Å². The van der Waals surface area contributed by atoms with Crippen molar-refractivity contribution in [3.05, 3.63) is 30.3 Å². The summed E-state index contributed by atoms with van der Waals surface area (Å²) in [5, 5.41) is 3.19. The molecule has 0 atom stereocenters. The Morgan fingerprint density at radius 3 is 2.33 bits per heavy atom. The summed E-state index contributed by atoms with van der Waals surface area (Å²) in [5.41, 5.74) is 1.30. The van der Waals surface area contributed by atoms with E-state index in [1.807, 2.05) is 6.07 Å². The van der Waals surface area contributed by atoms with Gasteiger partial charge in [-0.15, -0.1) is 0 Å². The lowest BCUT2D eigenvalue weighted by Gasteiger charge is -2.34. The number of anilines is 1. The number of hydrogen-bond donors (Lipinski definition) is 1. The quantitative estimate of drug-likeness (QED) is 0.884. The first-order chi connectivity index (χ1) is 8.83. The molecule has 1 N–H and O–H groups in total. The Morgan fingerprint density at radius 1 is 1.06 bits per heavy atom. The van der Waals surface area contributed by atoms with Gasteiger partial charge in [0.05, 0.1) is 0 Å². The van der Waals surface area contributed by atoms with Crippen LogP contribution in [0.15, 0.2) is 30.3 Å². The number of hydrogen-bond acceptors (Lipinski definition) is 2. The molecular weight excluding hydrogens is 224 g/mol. The van der Waals surface area contributed by atoms with Crippen molar-refractivity contribution in [2.45, 2.75) is 31.7 Å². The van der Waals surface area contributed by atoms with Gasteiger partial charge in [0, 0.05) is 30.7 Å². The Hall–Kier alpha value is -1.51. The van der Waals surface area contributed by atoms with Gasteiger partial charge in [0.25, 0.3) is 0 Å². The smallest absolute Gasteiger partial charge is 0.223 e. The highest BCUT2D eigenvalue weighted by molar-refractivity contribution is 5.81. The fraction of sp³-hybridized carbons (Fsp3) is 0.533. The molecule has 1 saturated carbocycles. The molecule has 1 aromatic rings. The summed E-state index contributed by atoms with van der Waals surface area (Å²) in [6.07, 6.45) is 4.31. The zero-order valence-electron chi connectivity index (χ0n) is 10.6. The molecular formula is C15H20N2O. The van der Waals surface area contributed by atoms with Crippen molar-refractivity contribution in [3.8, 4) is 0 Å². The second kappa shape index (κ2) is 5.01. The van der Waals surface area contributed by atoms with E-state index in [4.69, 9.17) is 0 Å². The van der Waals surface area contributed by atoms with Crippen LogP contribution in [0.2, 0.25) is 0 Å². The van der Waals surface area contributed by atoms with Crippen LogP contribution in [-0.4, -0.2) is 25.0 Å². The molecule has 0 bridgehead atoms. The Balaban J connectivity index is 1.50. The molecule has 0 unspecified atom stereocenters. The minimum atomic E-state index is 0.285. The predicted molar refractivity (Wildman–Crippen MR) is 72.5 cm³/mol. The summed E-state index contributed by atoms with van der Waals surface area (Å²) in [7, 11) is 0. The van der Waals surface area contributed by atoms with E-state index in [1.165, 1.54) is 5.69 Å². The largest absolute Gasteiger partial charge is 0.371 e. The van der Waals surface area contributed by atoms with Crippen molar-refractivity contribution in [3.63, 3.8) is 0 Å². The van der Waals surface area contributed by atoms with Crippen LogP contribution in [0.25, 0.3) is 0 Å². The van der Waals surface area contributed by atoms with Crippen molar-refractivity contribution in [1.29, 1.82) is 0 Å². The molecule has 18 heavy (non-hydrogen) atoms. The van der Waals surface area contributed by atoms with Crippen LogP contribution in [-0.2, 0) is 4.79 Å². The van der Waals surface area contributed by atoms with E-state index in [9.17, 15) is 4.79 Å². The van der Waals surface area contributed by atoms with Crippen molar-refractivity contribution in [2.24, 2.45) is 5.92 Å². The maximum Gasteiger partial charge on any atom is 0.223 e. The topological polar surface area (TPSA) is 32.3 Å². The molecule has 1 aliphatic heterocycles. The third-order valence-electron chi connectivity index (χ3n) is 3.91. The van der Waals surface area contributed by atoms with Gasteiger partial charge in [0.15, 0.2) is 0 Å². The van der Waals surface area contributed by atoms with Gasteiger partial charge < -0.3 is 10.2 Å². The lowest BCUT2D eigenvalue weighted by Crippen LogP contribution is -2.45. The van der Waals surface area contributed by atoms with Crippen LogP contribution >= 0.6 is 0 Å². The van der Waals surface area contributed by atoms with Crippen LogP contribution < -0.4 is 10.2 Å². The fourth-order valence-electron chi connectivity index (χ4n) is 2.59. The van der Waals surface area contributed by atoms with Crippen LogP contribution in [0, 0.1) is 5.92 Å². The SMILES string of the molecule is O=C(NC1CCN(c2ccccc2)CC1)C1CC1. The average Bonchev–Trinajstić information content (AvgIpc) is 3.25. The summed E-state index contributed by atoms with van der Waals surface area (Å²) in [6, 6.07) is 10.9. The molecule has 1 amide bonds. The predicted octanol–water partition coefficient (Wildman–Crippen LogP) is 2.18. The normalized spacial score (nSPS) is 20.8. The van der Waals surface area contributed by atoms with Crippen LogP contribution in [0.5, 0.6) is 0 Å². The zero-order valence-corrected chi connectivity index (χ0v) is 10.6. The molecule has 2 aliphatic rings. The summed E-state index contributed by atoms with van der Waals surface area (Å²) in [5.74, 6) is 0.616. The second-order valence-corrected chi connectivity index (χ2v) is 5.38. The minimum absolute atomic E-state index is 0.285. The second-order valence-electron chi connectivity index (χ2n) is 5.38. The molecule has 0 aromatic heterocycles. The average molecular weight is 244 g/mol. The third-order valence-corrected chi connectivity index (χ3v) is 3.91. The van der Waals surface area contributed by atoms with Crippen LogP contribution in [0.4, 0.5) is 5.69 Å². The maximum absolute atomic E-state index is 11.7.